The SMILES string of the molecule is C[C@@H]1CN(C(=O)c2ccc(-n3cncn3)cc2)C[C@@H](C)O1. The number of hydrogen-bond acceptors (Lipinski definition) is 4. The van der Waals surface area contributed by atoms with Crippen LogP contribution in [-0.2, 0) is 4.74 Å². The zero-order valence-corrected chi connectivity index (χ0v) is 12.1. The van der Waals surface area contributed by atoms with Crippen molar-refractivity contribution in [2.75, 3.05) is 13.1 Å². The number of carbonyl (C=O) groups excluding carboxylic acids is 1. The highest BCUT2D eigenvalue weighted by atomic mass is 16.5. The molecule has 0 radical (unpaired) electrons. The van der Waals surface area contributed by atoms with E-state index in [1.165, 1.54) is 6.33 Å². The van der Waals surface area contributed by atoms with Crippen LogP contribution in [0.1, 0.15) is 24.2 Å². The summed E-state index contributed by atoms with van der Waals surface area (Å²) in [4.78, 5) is 18.3. The third-order valence-electron chi connectivity index (χ3n) is 3.50. The molecule has 2 heterocycles. The van der Waals surface area contributed by atoms with E-state index >= 15 is 0 Å². The van der Waals surface area contributed by atoms with Gasteiger partial charge in [-0.15, -0.1) is 0 Å². The smallest absolute Gasteiger partial charge is 0.254 e. The number of ether oxygens (including phenoxy) is 1. The Bertz CT molecular complexity index is 599. The number of rotatable bonds is 2. The van der Waals surface area contributed by atoms with Crippen LogP contribution in [0.5, 0.6) is 0 Å². The summed E-state index contributed by atoms with van der Waals surface area (Å²) in [5.74, 6) is 0.0436. The first kappa shape index (κ1) is 13.8. The Labute approximate surface area is 123 Å². The molecule has 0 unspecified atom stereocenters. The van der Waals surface area contributed by atoms with Crippen LogP contribution in [-0.4, -0.2) is 50.9 Å². The normalized spacial score (nSPS) is 22.3. The van der Waals surface area contributed by atoms with Crippen molar-refractivity contribution in [3.8, 4) is 5.69 Å². The van der Waals surface area contributed by atoms with Gasteiger partial charge in [0.05, 0.1) is 17.9 Å². The molecule has 0 N–H and O–H groups in total. The molecule has 21 heavy (non-hydrogen) atoms. The molecular formula is C15H18N4O2. The Kier molecular flexibility index (Phi) is 3.70. The largest absolute Gasteiger partial charge is 0.372 e. The van der Waals surface area contributed by atoms with E-state index in [0.717, 1.165) is 5.69 Å². The summed E-state index contributed by atoms with van der Waals surface area (Å²) in [6, 6.07) is 7.39. The highest BCUT2D eigenvalue weighted by Crippen LogP contribution is 2.15. The van der Waals surface area contributed by atoms with Crippen molar-refractivity contribution in [2.24, 2.45) is 0 Å². The second-order valence-electron chi connectivity index (χ2n) is 5.35. The van der Waals surface area contributed by atoms with Gasteiger partial charge in [-0.25, -0.2) is 9.67 Å². The standard InChI is InChI=1S/C15H18N4O2/c1-11-7-18(8-12(2)21-11)15(20)13-3-5-14(6-4-13)19-10-16-9-17-19/h3-6,9-12H,7-8H2,1-2H3/t11-,12-/m1/s1. The maximum atomic E-state index is 12.5. The van der Waals surface area contributed by atoms with Crippen molar-refractivity contribution < 1.29 is 9.53 Å². The maximum absolute atomic E-state index is 12.5. The Morgan fingerprint density at radius 3 is 2.43 bits per heavy atom. The van der Waals surface area contributed by atoms with Crippen LogP contribution in [0, 0.1) is 0 Å². The summed E-state index contributed by atoms with van der Waals surface area (Å²) in [5.41, 5.74) is 1.56. The van der Waals surface area contributed by atoms with E-state index in [4.69, 9.17) is 4.74 Å². The zero-order chi connectivity index (χ0) is 14.8. The lowest BCUT2D eigenvalue weighted by atomic mass is 10.1. The number of aromatic nitrogens is 3. The van der Waals surface area contributed by atoms with Gasteiger partial charge in [0.15, 0.2) is 0 Å². The molecule has 6 nitrogen and oxygen atoms in total. The molecule has 0 saturated carbocycles. The number of carbonyl (C=O) groups is 1. The van der Waals surface area contributed by atoms with E-state index < -0.39 is 0 Å². The van der Waals surface area contributed by atoms with Gasteiger partial charge in [-0.3, -0.25) is 4.79 Å². The Morgan fingerprint density at radius 1 is 1.19 bits per heavy atom. The van der Waals surface area contributed by atoms with Crippen LogP contribution in [0.2, 0.25) is 0 Å². The Morgan fingerprint density at radius 2 is 1.86 bits per heavy atom. The average Bonchev–Trinajstić information content (AvgIpc) is 3.00. The fourth-order valence-corrected chi connectivity index (χ4v) is 2.62. The van der Waals surface area contributed by atoms with Gasteiger partial charge in [-0.2, -0.15) is 5.10 Å². The van der Waals surface area contributed by atoms with Gasteiger partial charge in [0.25, 0.3) is 5.91 Å². The topological polar surface area (TPSA) is 60.2 Å². The summed E-state index contributed by atoms with van der Waals surface area (Å²) in [7, 11) is 0. The third kappa shape index (κ3) is 2.95. The molecule has 2 atom stereocenters. The molecule has 2 aromatic rings. The van der Waals surface area contributed by atoms with E-state index in [-0.39, 0.29) is 18.1 Å². The van der Waals surface area contributed by atoms with Crippen molar-refractivity contribution in [1.82, 2.24) is 19.7 Å². The molecule has 6 heteroatoms. The average molecular weight is 286 g/mol. The van der Waals surface area contributed by atoms with Crippen LogP contribution in [0.25, 0.3) is 5.69 Å². The zero-order valence-electron chi connectivity index (χ0n) is 12.1. The summed E-state index contributed by atoms with van der Waals surface area (Å²) in [6.45, 7) is 5.25. The maximum Gasteiger partial charge on any atom is 0.254 e. The Balaban J connectivity index is 1.76. The van der Waals surface area contributed by atoms with Crippen molar-refractivity contribution in [1.29, 1.82) is 0 Å². The molecule has 1 aliphatic heterocycles. The predicted octanol–water partition coefficient (Wildman–Crippen LogP) is 1.52. The van der Waals surface area contributed by atoms with Gasteiger partial charge in [0.2, 0.25) is 0 Å². The second-order valence-corrected chi connectivity index (χ2v) is 5.35. The summed E-state index contributed by atoms with van der Waals surface area (Å²) >= 11 is 0. The van der Waals surface area contributed by atoms with Crippen LogP contribution >= 0.6 is 0 Å². The molecule has 3 rings (SSSR count). The van der Waals surface area contributed by atoms with E-state index in [2.05, 4.69) is 10.1 Å². The minimum absolute atomic E-state index is 0.0436. The number of benzene rings is 1. The third-order valence-corrected chi connectivity index (χ3v) is 3.50. The quantitative estimate of drug-likeness (QED) is 0.839. The van der Waals surface area contributed by atoms with Crippen LogP contribution in [0.3, 0.4) is 0 Å². The van der Waals surface area contributed by atoms with Crippen LogP contribution in [0.15, 0.2) is 36.9 Å². The second kappa shape index (κ2) is 5.65. The van der Waals surface area contributed by atoms with E-state index in [1.54, 1.807) is 11.0 Å². The number of hydrogen-bond donors (Lipinski definition) is 0. The lowest BCUT2D eigenvalue weighted by molar-refractivity contribution is -0.0586. The van der Waals surface area contributed by atoms with Gasteiger partial charge in [-0.05, 0) is 38.1 Å². The molecule has 1 aromatic heterocycles. The van der Waals surface area contributed by atoms with Crippen molar-refractivity contribution in [3.63, 3.8) is 0 Å². The van der Waals surface area contributed by atoms with Crippen LogP contribution < -0.4 is 0 Å². The molecule has 1 fully saturated rings. The fourth-order valence-electron chi connectivity index (χ4n) is 2.62. The highest BCUT2D eigenvalue weighted by Gasteiger charge is 2.26. The van der Waals surface area contributed by atoms with Crippen molar-refractivity contribution in [2.45, 2.75) is 26.1 Å². The summed E-state index contributed by atoms with van der Waals surface area (Å²) < 4.78 is 7.32. The molecule has 1 amide bonds. The predicted molar refractivity (Wildman–Crippen MR) is 77.3 cm³/mol. The van der Waals surface area contributed by atoms with Gasteiger partial charge < -0.3 is 9.64 Å². The van der Waals surface area contributed by atoms with E-state index in [0.29, 0.717) is 18.7 Å². The molecule has 1 aromatic carbocycles. The van der Waals surface area contributed by atoms with Crippen molar-refractivity contribution in [3.05, 3.63) is 42.5 Å². The highest BCUT2D eigenvalue weighted by molar-refractivity contribution is 5.94. The molecule has 0 aliphatic carbocycles. The number of amides is 1. The first-order chi connectivity index (χ1) is 10.1. The minimum Gasteiger partial charge on any atom is -0.372 e. The number of nitrogens with zero attached hydrogens (tertiary/aromatic N) is 4. The molecule has 110 valence electrons. The van der Waals surface area contributed by atoms with Gasteiger partial charge >= 0.3 is 0 Å². The van der Waals surface area contributed by atoms with Gasteiger partial charge in [0, 0.05) is 18.7 Å². The Hall–Kier alpha value is -2.21. The lowest BCUT2D eigenvalue weighted by Gasteiger charge is -2.35. The van der Waals surface area contributed by atoms with Crippen LogP contribution in [0.4, 0.5) is 0 Å². The minimum atomic E-state index is 0.0436. The first-order valence-corrected chi connectivity index (χ1v) is 7.03. The van der Waals surface area contributed by atoms with Gasteiger partial charge in [0.1, 0.15) is 12.7 Å². The van der Waals surface area contributed by atoms with E-state index in [1.807, 2.05) is 43.0 Å². The monoisotopic (exact) mass is 286 g/mol. The molecule has 1 saturated heterocycles. The number of morpholine rings is 1. The molecular weight excluding hydrogens is 268 g/mol. The summed E-state index contributed by atoms with van der Waals surface area (Å²) in [5, 5.41) is 4.06. The first-order valence-electron chi connectivity index (χ1n) is 7.03. The summed E-state index contributed by atoms with van der Waals surface area (Å²) in [6.07, 6.45) is 3.26. The fraction of sp³-hybridized carbons (Fsp3) is 0.400. The molecule has 1 aliphatic rings. The molecule has 0 bridgehead atoms. The van der Waals surface area contributed by atoms with E-state index in [9.17, 15) is 4.79 Å². The lowest BCUT2D eigenvalue weighted by Crippen LogP contribution is -2.48. The molecule has 0 spiro atoms. The van der Waals surface area contributed by atoms with Gasteiger partial charge in [-0.1, -0.05) is 0 Å². The van der Waals surface area contributed by atoms with Crippen molar-refractivity contribution >= 4 is 5.91 Å².